The van der Waals surface area contributed by atoms with Crippen LogP contribution in [0.15, 0.2) is 41.1 Å². The molecule has 2 aromatic rings. The van der Waals surface area contributed by atoms with Crippen molar-refractivity contribution in [2.45, 2.75) is 51.1 Å². The van der Waals surface area contributed by atoms with Crippen LogP contribution in [0.3, 0.4) is 0 Å². The largest absolute Gasteiger partial charge is 0.351 e. The van der Waals surface area contributed by atoms with Gasteiger partial charge in [-0.25, -0.2) is 4.39 Å². The summed E-state index contributed by atoms with van der Waals surface area (Å²) in [4.78, 5) is 26.8. The minimum atomic E-state index is -0.273. The maximum absolute atomic E-state index is 13.2. The summed E-state index contributed by atoms with van der Waals surface area (Å²) in [5.41, 5.74) is 1.56. The van der Waals surface area contributed by atoms with E-state index in [1.165, 1.54) is 29.9 Å². The predicted molar refractivity (Wildman–Crippen MR) is 105 cm³/mol. The number of hydrogen-bond donors (Lipinski definition) is 1. The molecule has 1 N–H and O–H groups in total. The van der Waals surface area contributed by atoms with Crippen molar-refractivity contribution in [2.24, 2.45) is 0 Å². The molecular formula is C21H25FN2O2S. The zero-order chi connectivity index (χ0) is 19.1. The molecule has 6 heteroatoms. The lowest BCUT2D eigenvalue weighted by Crippen LogP contribution is -2.42. The van der Waals surface area contributed by atoms with Gasteiger partial charge in [0.2, 0.25) is 5.91 Å². The fourth-order valence-electron chi connectivity index (χ4n) is 3.52. The van der Waals surface area contributed by atoms with E-state index in [2.05, 4.69) is 5.32 Å². The zero-order valence-corrected chi connectivity index (χ0v) is 16.1. The first kappa shape index (κ1) is 19.5. The number of hydrogen-bond acceptors (Lipinski definition) is 3. The van der Waals surface area contributed by atoms with Gasteiger partial charge in [-0.05, 0) is 42.0 Å². The average Bonchev–Trinajstić information content (AvgIpc) is 3.23. The molecule has 4 nitrogen and oxygen atoms in total. The first-order chi connectivity index (χ1) is 13.1. The molecule has 144 valence electrons. The molecule has 0 aliphatic heterocycles. The number of thiophene rings is 1. The Balaban J connectivity index is 1.59. The highest BCUT2D eigenvalue weighted by molar-refractivity contribution is 7.08. The quantitative estimate of drug-likeness (QED) is 0.766. The van der Waals surface area contributed by atoms with Crippen molar-refractivity contribution in [1.82, 2.24) is 10.2 Å². The number of nitrogens with one attached hydrogen (secondary N) is 1. The van der Waals surface area contributed by atoms with Crippen LogP contribution >= 0.6 is 11.3 Å². The third-order valence-electron chi connectivity index (χ3n) is 5.01. The van der Waals surface area contributed by atoms with Crippen LogP contribution in [0, 0.1) is 5.82 Å². The summed E-state index contributed by atoms with van der Waals surface area (Å²) in [5.74, 6) is -0.380. The summed E-state index contributed by atoms with van der Waals surface area (Å²) in [5, 5.41) is 6.46. The second-order valence-corrected chi connectivity index (χ2v) is 7.74. The van der Waals surface area contributed by atoms with E-state index < -0.39 is 0 Å². The highest BCUT2D eigenvalue weighted by Gasteiger charge is 2.25. The number of nitrogens with zero attached hydrogens (tertiary/aromatic N) is 1. The molecular weight excluding hydrogens is 363 g/mol. The van der Waals surface area contributed by atoms with Crippen molar-refractivity contribution < 1.29 is 14.0 Å². The van der Waals surface area contributed by atoms with E-state index in [1.807, 2.05) is 10.3 Å². The lowest BCUT2D eigenvalue weighted by molar-refractivity contribution is -0.134. The van der Waals surface area contributed by atoms with Gasteiger partial charge in [-0.15, -0.1) is 0 Å². The second kappa shape index (κ2) is 9.65. The van der Waals surface area contributed by atoms with Crippen LogP contribution in [0.1, 0.15) is 54.4 Å². The van der Waals surface area contributed by atoms with Crippen LogP contribution in [0.5, 0.6) is 0 Å². The van der Waals surface area contributed by atoms with Gasteiger partial charge in [-0.3, -0.25) is 9.59 Å². The van der Waals surface area contributed by atoms with Gasteiger partial charge in [-0.2, -0.15) is 11.3 Å². The maximum atomic E-state index is 13.2. The number of carbonyl (C=O) groups is 2. The van der Waals surface area contributed by atoms with Gasteiger partial charge in [0.25, 0.3) is 5.91 Å². The van der Waals surface area contributed by atoms with Gasteiger partial charge < -0.3 is 10.2 Å². The molecule has 1 saturated carbocycles. The number of benzene rings is 1. The van der Waals surface area contributed by atoms with Crippen LogP contribution in [-0.4, -0.2) is 29.3 Å². The van der Waals surface area contributed by atoms with Crippen molar-refractivity contribution in [2.75, 3.05) is 6.54 Å². The van der Waals surface area contributed by atoms with E-state index in [0.717, 1.165) is 31.2 Å². The minimum absolute atomic E-state index is 0.0387. The third-order valence-corrected chi connectivity index (χ3v) is 5.69. The molecule has 2 amide bonds. The fraction of sp³-hybridized carbons (Fsp3) is 0.429. The van der Waals surface area contributed by atoms with E-state index >= 15 is 0 Å². The number of carbonyl (C=O) groups excluding carboxylic acids is 2. The molecule has 0 unspecified atom stereocenters. The molecule has 1 fully saturated rings. The summed E-state index contributed by atoms with van der Waals surface area (Å²) in [6.07, 6.45) is 5.77. The van der Waals surface area contributed by atoms with E-state index in [-0.39, 0.29) is 30.1 Å². The van der Waals surface area contributed by atoms with Gasteiger partial charge in [0, 0.05) is 36.5 Å². The van der Waals surface area contributed by atoms with Gasteiger partial charge in [-0.1, -0.05) is 31.4 Å². The predicted octanol–water partition coefficient (Wildman–Crippen LogP) is 4.37. The molecule has 1 heterocycles. The summed E-state index contributed by atoms with van der Waals surface area (Å²) in [6.45, 7) is 0.808. The lowest BCUT2D eigenvalue weighted by Gasteiger charge is -2.34. The normalized spacial score (nSPS) is 14.7. The van der Waals surface area contributed by atoms with E-state index in [1.54, 1.807) is 23.6 Å². The summed E-state index contributed by atoms with van der Waals surface area (Å²) < 4.78 is 13.2. The van der Waals surface area contributed by atoms with E-state index in [4.69, 9.17) is 0 Å². The first-order valence-electron chi connectivity index (χ1n) is 9.48. The van der Waals surface area contributed by atoms with Gasteiger partial charge in [0.1, 0.15) is 5.82 Å². The minimum Gasteiger partial charge on any atom is -0.351 e. The van der Waals surface area contributed by atoms with Crippen LogP contribution < -0.4 is 5.32 Å². The van der Waals surface area contributed by atoms with Crippen LogP contribution in [0.2, 0.25) is 0 Å². The van der Waals surface area contributed by atoms with E-state index in [0.29, 0.717) is 18.7 Å². The van der Waals surface area contributed by atoms with Crippen molar-refractivity contribution in [3.63, 3.8) is 0 Å². The van der Waals surface area contributed by atoms with Gasteiger partial charge in [0.15, 0.2) is 0 Å². The van der Waals surface area contributed by atoms with Crippen LogP contribution in [0.4, 0.5) is 4.39 Å². The Labute approximate surface area is 163 Å². The molecule has 1 aliphatic carbocycles. The smallest absolute Gasteiger partial charge is 0.252 e. The van der Waals surface area contributed by atoms with Crippen molar-refractivity contribution in [3.05, 3.63) is 58.0 Å². The second-order valence-electron chi connectivity index (χ2n) is 6.96. The molecule has 3 rings (SSSR count). The Morgan fingerprint density at radius 2 is 1.85 bits per heavy atom. The summed E-state index contributed by atoms with van der Waals surface area (Å²) in [6, 6.07) is 8.32. The Morgan fingerprint density at radius 1 is 1.11 bits per heavy atom. The molecule has 27 heavy (non-hydrogen) atoms. The molecule has 0 radical (unpaired) electrons. The van der Waals surface area contributed by atoms with Crippen LogP contribution in [-0.2, 0) is 11.3 Å². The average molecular weight is 389 g/mol. The van der Waals surface area contributed by atoms with Gasteiger partial charge in [0.05, 0.1) is 0 Å². The standard InChI is InChI=1S/C21H25FN2O2S/c22-18-8-6-16(7-9-18)14-24(19-4-2-1-3-5-19)20(25)10-12-23-21(26)17-11-13-27-15-17/h6-9,11,13,15,19H,1-5,10,12,14H2,(H,23,26). The Morgan fingerprint density at radius 3 is 2.52 bits per heavy atom. The number of rotatable bonds is 7. The topological polar surface area (TPSA) is 49.4 Å². The lowest BCUT2D eigenvalue weighted by atomic mass is 9.93. The number of amides is 2. The molecule has 1 aliphatic rings. The van der Waals surface area contributed by atoms with Crippen molar-refractivity contribution >= 4 is 23.2 Å². The maximum Gasteiger partial charge on any atom is 0.252 e. The molecule has 0 atom stereocenters. The third kappa shape index (κ3) is 5.63. The highest BCUT2D eigenvalue weighted by Crippen LogP contribution is 2.25. The SMILES string of the molecule is O=C(NCCC(=O)N(Cc1ccc(F)cc1)C1CCCCC1)c1ccsc1. The number of halogens is 1. The van der Waals surface area contributed by atoms with Crippen LogP contribution in [0.25, 0.3) is 0 Å². The Hall–Kier alpha value is -2.21. The molecule has 1 aromatic carbocycles. The Kier molecular flexibility index (Phi) is 6.98. The van der Waals surface area contributed by atoms with Crippen molar-refractivity contribution in [3.8, 4) is 0 Å². The first-order valence-corrected chi connectivity index (χ1v) is 10.4. The monoisotopic (exact) mass is 388 g/mol. The Bertz CT molecular complexity index is 740. The molecule has 0 saturated heterocycles. The highest BCUT2D eigenvalue weighted by atomic mass is 32.1. The zero-order valence-electron chi connectivity index (χ0n) is 15.3. The van der Waals surface area contributed by atoms with E-state index in [9.17, 15) is 14.0 Å². The van der Waals surface area contributed by atoms with Crippen molar-refractivity contribution in [1.29, 1.82) is 0 Å². The molecule has 1 aromatic heterocycles. The van der Waals surface area contributed by atoms with Gasteiger partial charge >= 0.3 is 0 Å². The summed E-state index contributed by atoms with van der Waals surface area (Å²) >= 11 is 1.47. The molecule has 0 spiro atoms. The fourth-order valence-corrected chi connectivity index (χ4v) is 4.16. The summed E-state index contributed by atoms with van der Waals surface area (Å²) in [7, 11) is 0. The molecule has 0 bridgehead atoms.